The molecule has 5 aromatic rings. The van der Waals surface area contributed by atoms with E-state index in [1.807, 2.05) is 83.9 Å². The van der Waals surface area contributed by atoms with Gasteiger partial charge in [-0.2, -0.15) is 0 Å². The Bertz CT molecular complexity index is 2230. The van der Waals surface area contributed by atoms with E-state index in [1.165, 1.54) is 5.19 Å². The Balaban J connectivity index is 1.13. The molecule has 4 aromatic carbocycles. The largest absolute Gasteiger partial charge is 0.497 e. The molecule has 4 heterocycles. The van der Waals surface area contributed by atoms with Gasteiger partial charge in [-0.1, -0.05) is 84.5 Å². The molecule has 10 nitrogen and oxygen atoms in total. The zero-order valence-electron chi connectivity index (χ0n) is 31.6. The third-order valence-electron chi connectivity index (χ3n) is 12.0. The highest BCUT2D eigenvalue weighted by molar-refractivity contribution is 6.91. The number of aliphatic hydroxyl groups is 1. The molecule has 1 aromatic heterocycles. The lowest BCUT2D eigenvalue weighted by Crippen LogP contribution is -2.51. The van der Waals surface area contributed by atoms with E-state index in [4.69, 9.17) is 21.1 Å². The van der Waals surface area contributed by atoms with E-state index in [9.17, 15) is 9.90 Å². The number of hydrogen-bond acceptors (Lipinski definition) is 7. The molecule has 1 fully saturated rings. The van der Waals surface area contributed by atoms with Gasteiger partial charge in [-0.05, 0) is 78.0 Å². The summed E-state index contributed by atoms with van der Waals surface area (Å²) in [5.41, 5.74) is 4.92. The number of nitrogens with zero attached hydrogens (tertiary/aromatic N) is 5. The smallest absolute Gasteiger partial charge is 0.264 e. The predicted molar refractivity (Wildman–Crippen MR) is 216 cm³/mol. The van der Waals surface area contributed by atoms with Crippen molar-refractivity contribution in [2.75, 3.05) is 23.5 Å². The van der Waals surface area contributed by atoms with Gasteiger partial charge >= 0.3 is 0 Å². The van der Waals surface area contributed by atoms with Crippen molar-refractivity contribution >= 4 is 53.7 Å². The Morgan fingerprint density at radius 3 is 2.49 bits per heavy atom. The van der Waals surface area contributed by atoms with Gasteiger partial charge in [-0.15, -0.1) is 5.10 Å². The van der Waals surface area contributed by atoms with Crippen LogP contribution in [0, 0.1) is 5.92 Å². The number of para-hydroxylation sites is 1. The van der Waals surface area contributed by atoms with E-state index in [2.05, 4.69) is 48.5 Å². The number of ether oxygens (including phenoxy) is 2. The standard InChI is InChI=1S/C43H46ClN5O5Si/c1-28-41(55(3,4)35-17-15-34(53-2)16-18-35)39(21-23-47-27-32(22-24-50)45-46-47)54-43(28)36-25-31(44)12-19-38(36)48(42(43)52)26-29-9-13-33(14-10-29)49-37-8-6-5-7-30(37)11-20-40(49)51/h5-10,12-19,25,27-28,39,41,50H,11,20-24,26H2,1-4H3/t28-,39+,41-,43+/m0/s1. The lowest BCUT2D eigenvalue weighted by molar-refractivity contribution is -0.146. The number of amides is 2. The first-order valence-corrected chi connectivity index (χ1v) is 22.4. The summed E-state index contributed by atoms with van der Waals surface area (Å²) in [7, 11) is -0.686. The SMILES string of the molecule is COc1ccc([Si](C)(C)[C@@H]2[C@@H](CCn3cc(CCO)nn3)O[C@]3(C(=O)N(Cc4ccc(N5C(=O)CCc6ccccc65)cc4)c4ccc(Cl)cc43)[C@H]2C)cc1. The average Bonchev–Trinajstić information content (AvgIpc) is 3.84. The van der Waals surface area contributed by atoms with Crippen LogP contribution in [0.5, 0.6) is 5.75 Å². The van der Waals surface area contributed by atoms with Crippen LogP contribution in [0.4, 0.5) is 17.1 Å². The molecule has 284 valence electrons. The van der Waals surface area contributed by atoms with E-state index >= 15 is 4.79 Å². The third-order valence-corrected chi connectivity index (χ3v) is 16.6. The van der Waals surface area contributed by atoms with E-state index in [-0.39, 0.29) is 36.0 Å². The van der Waals surface area contributed by atoms with Gasteiger partial charge in [-0.3, -0.25) is 19.2 Å². The molecule has 1 saturated heterocycles. The molecule has 3 aliphatic rings. The Kier molecular flexibility index (Phi) is 9.91. The molecule has 1 spiro atoms. The summed E-state index contributed by atoms with van der Waals surface area (Å²) >= 11 is 6.73. The van der Waals surface area contributed by atoms with Crippen LogP contribution in [0.1, 0.15) is 42.1 Å². The molecular formula is C43H46ClN5O5Si. The summed E-state index contributed by atoms with van der Waals surface area (Å²) in [6.45, 7) is 7.79. The second-order valence-electron chi connectivity index (χ2n) is 15.5. The molecule has 12 heteroatoms. The molecule has 3 aliphatic heterocycles. The minimum atomic E-state index is -2.36. The third kappa shape index (κ3) is 6.46. The number of aryl methyl sites for hydroxylation is 2. The second kappa shape index (κ2) is 14.7. The van der Waals surface area contributed by atoms with Gasteiger partial charge in [0.25, 0.3) is 5.91 Å². The summed E-state index contributed by atoms with van der Waals surface area (Å²) in [5, 5.41) is 19.8. The minimum Gasteiger partial charge on any atom is -0.497 e. The Labute approximate surface area is 327 Å². The van der Waals surface area contributed by atoms with E-state index in [0.717, 1.165) is 51.6 Å². The molecule has 0 bridgehead atoms. The highest BCUT2D eigenvalue weighted by Gasteiger charge is 2.66. The maximum absolute atomic E-state index is 15.2. The highest BCUT2D eigenvalue weighted by Crippen LogP contribution is 2.60. The lowest BCUT2D eigenvalue weighted by atomic mass is 9.82. The van der Waals surface area contributed by atoms with Crippen LogP contribution >= 0.6 is 11.6 Å². The molecule has 2 amide bonds. The Hall–Kier alpha value is -4.81. The molecule has 0 aliphatic carbocycles. The first-order chi connectivity index (χ1) is 26.5. The van der Waals surface area contributed by atoms with E-state index in [0.29, 0.717) is 37.4 Å². The summed E-state index contributed by atoms with van der Waals surface area (Å²) in [4.78, 5) is 32.0. The fraction of sp³-hybridized carbons (Fsp3) is 0.349. The summed E-state index contributed by atoms with van der Waals surface area (Å²) < 4.78 is 14.6. The molecule has 0 radical (unpaired) electrons. The topological polar surface area (TPSA) is 110 Å². The van der Waals surface area contributed by atoms with Crippen molar-refractivity contribution < 1.29 is 24.2 Å². The van der Waals surface area contributed by atoms with Crippen LogP contribution in [0.3, 0.4) is 0 Å². The van der Waals surface area contributed by atoms with Gasteiger partial charge in [0, 0.05) is 54.4 Å². The molecule has 0 unspecified atom stereocenters. The summed E-state index contributed by atoms with van der Waals surface area (Å²) in [6, 6.07) is 30.0. The van der Waals surface area contributed by atoms with Crippen molar-refractivity contribution in [3.63, 3.8) is 0 Å². The molecule has 8 rings (SSSR count). The zero-order valence-corrected chi connectivity index (χ0v) is 33.4. The maximum atomic E-state index is 15.2. The van der Waals surface area contributed by atoms with Crippen molar-refractivity contribution in [1.82, 2.24) is 15.0 Å². The van der Waals surface area contributed by atoms with Gasteiger partial charge in [0.2, 0.25) is 5.91 Å². The summed E-state index contributed by atoms with van der Waals surface area (Å²) in [6.07, 6.45) is 3.85. The number of carbonyl (C=O) groups is 2. The second-order valence-corrected chi connectivity index (χ2v) is 20.6. The normalized spacial score (nSPS) is 22.0. The number of benzene rings is 4. The quantitative estimate of drug-likeness (QED) is 0.145. The number of fused-ring (bicyclic) bond motifs is 3. The molecule has 0 saturated carbocycles. The predicted octanol–water partition coefficient (Wildman–Crippen LogP) is 6.94. The average molecular weight is 776 g/mol. The highest BCUT2D eigenvalue weighted by atomic mass is 35.5. The van der Waals surface area contributed by atoms with Crippen LogP contribution in [0.15, 0.2) is 97.2 Å². The first-order valence-electron chi connectivity index (χ1n) is 19.0. The van der Waals surface area contributed by atoms with Crippen LogP contribution in [-0.2, 0) is 45.9 Å². The number of aromatic nitrogens is 3. The van der Waals surface area contributed by atoms with Crippen LogP contribution in [0.2, 0.25) is 23.7 Å². The Morgan fingerprint density at radius 1 is 0.982 bits per heavy atom. The maximum Gasteiger partial charge on any atom is 0.264 e. The number of hydrogen-bond donors (Lipinski definition) is 1. The van der Waals surface area contributed by atoms with Gasteiger partial charge < -0.3 is 19.5 Å². The van der Waals surface area contributed by atoms with Crippen LogP contribution < -0.4 is 19.7 Å². The van der Waals surface area contributed by atoms with Gasteiger partial charge in [0.1, 0.15) is 5.75 Å². The molecular weight excluding hydrogens is 730 g/mol. The van der Waals surface area contributed by atoms with E-state index in [1.54, 1.807) is 16.7 Å². The van der Waals surface area contributed by atoms with Crippen molar-refractivity contribution in [2.45, 2.75) is 76.0 Å². The van der Waals surface area contributed by atoms with Crippen molar-refractivity contribution in [1.29, 1.82) is 0 Å². The van der Waals surface area contributed by atoms with Gasteiger partial charge in [0.15, 0.2) is 5.60 Å². The first kappa shape index (κ1) is 37.1. The number of methoxy groups -OCH3 is 1. The minimum absolute atomic E-state index is 0.00552. The van der Waals surface area contributed by atoms with Crippen LogP contribution in [0.25, 0.3) is 0 Å². The molecule has 4 atom stereocenters. The number of anilines is 3. The molecule has 1 N–H and O–H groups in total. The number of halogens is 1. The van der Waals surface area contributed by atoms with Crippen molar-refractivity contribution in [2.24, 2.45) is 5.92 Å². The van der Waals surface area contributed by atoms with Crippen molar-refractivity contribution in [3.8, 4) is 5.75 Å². The monoisotopic (exact) mass is 775 g/mol. The lowest BCUT2D eigenvalue weighted by Gasteiger charge is -2.37. The van der Waals surface area contributed by atoms with Gasteiger partial charge in [-0.25, -0.2) is 0 Å². The van der Waals surface area contributed by atoms with Crippen molar-refractivity contribution in [3.05, 3.63) is 125 Å². The van der Waals surface area contributed by atoms with E-state index < -0.39 is 13.7 Å². The number of rotatable bonds is 11. The van der Waals surface area contributed by atoms with Gasteiger partial charge in [0.05, 0.1) is 44.9 Å². The number of carbonyl (C=O) groups excluding carboxylic acids is 2. The summed E-state index contributed by atoms with van der Waals surface area (Å²) in [5.74, 6) is 0.581. The van der Waals surface area contributed by atoms with Crippen LogP contribution in [-0.4, -0.2) is 59.8 Å². The zero-order chi connectivity index (χ0) is 38.5. The fourth-order valence-electron chi connectivity index (χ4n) is 9.29. The Morgan fingerprint density at radius 2 is 1.75 bits per heavy atom. The molecule has 55 heavy (non-hydrogen) atoms. The number of aliphatic hydroxyl groups excluding tert-OH is 1. The fourth-order valence-corrected chi connectivity index (χ4v) is 13.5.